The first kappa shape index (κ1) is 20.4. The van der Waals surface area contributed by atoms with Crippen molar-refractivity contribution in [2.75, 3.05) is 26.6 Å². The number of anilines is 2. The van der Waals surface area contributed by atoms with Gasteiger partial charge in [0, 0.05) is 28.8 Å². The summed E-state index contributed by atoms with van der Waals surface area (Å²) in [5.74, 6) is 0.918. The molecule has 0 radical (unpaired) electrons. The van der Waals surface area contributed by atoms with Crippen LogP contribution in [-0.4, -0.2) is 42.4 Å². The summed E-state index contributed by atoms with van der Waals surface area (Å²) in [6.45, 7) is 0. The van der Waals surface area contributed by atoms with Gasteiger partial charge in [-0.2, -0.15) is 0 Å². The lowest BCUT2D eigenvalue weighted by Gasteiger charge is -2.14. The topological polar surface area (TPSA) is 103 Å². The Morgan fingerprint density at radius 3 is 2.45 bits per heavy atom. The number of hydrogen-bond donors (Lipinski definition) is 2. The maximum Gasteiger partial charge on any atom is 0.335 e. The molecule has 0 saturated carbocycles. The molecule has 9 heteroatoms. The smallest absolute Gasteiger partial charge is 0.335 e. The van der Waals surface area contributed by atoms with E-state index in [0.29, 0.717) is 28.9 Å². The van der Waals surface area contributed by atoms with Gasteiger partial charge in [-0.1, -0.05) is 12.1 Å². The zero-order valence-corrected chi connectivity index (χ0v) is 17.8. The molecule has 0 saturated heterocycles. The van der Waals surface area contributed by atoms with Gasteiger partial charge in [-0.05, 0) is 17.7 Å². The Morgan fingerprint density at radius 1 is 1.06 bits per heavy atom. The number of nitrogens with zero attached hydrogens (tertiary/aromatic N) is 2. The lowest BCUT2D eigenvalue weighted by atomic mass is 10.1. The van der Waals surface area contributed by atoms with E-state index < -0.39 is 5.97 Å². The van der Waals surface area contributed by atoms with Crippen LogP contribution in [0.15, 0.2) is 48.0 Å². The van der Waals surface area contributed by atoms with Gasteiger partial charge in [0.1, 0.15) is 0 Å². The zero-order valence-electron chi connectivity index (χ0n) is 17.0. The molecule has 0 spiro atoms. The Labute approximate surface area is 182 Å². The van der Waals surface area contributed by atoms with Crippen LogP contribution >= 0.6 is 11.3 Å². The van der Waals surface area contributed by atoms with Crippen molar-refractivity contribution >= 4 is 39.2 Å². The quantitative estimate of drug-likeness (QED) is 0.424. The fourth-order valence-electron chi connectivity index (χ4n) is 3.20. The number of thiophene rings is 1. The molecule has 4 aromatic rings. The van der Waals surface area contributed by atoms with Crippen LogP contribution in [0.2, 0.25) is 0 Å². The molecule has 0 atom stereocenters. The fraction of sp³-hybridized carbons (Fsp3) is 0.136. The molecular weight excluding hydrogens is 418 g/mol. The highest BCUT2D eigenvalue weighted by atomic mass is 32.1. The normalized spacial score (nSPS) is 10.7. The standard InChI is InChI=1S/C22H19N3O5S/c1-28-16-8-14(9-17(29-2)20(16)30-3)24-22-23-10-18-19(25-22)15(11-31-18)12-5-4-6-13(7-12)21(26)27/h4-11H,1-3H3,(H,26,27)(H,23,24,25). The van der Waals surface area contributed by atoms with E-state index in [-0.39, 0.29) is 5.56 Å². The molecule has 158 valence electrons. The van der Waals surface area contributed by atoms with Crippen LogP contribution in [-0.2, 0) is 0 Å². The van der Waals surface area contributed by atoms with Crippen LogP contribution in [0.1, 0.15) is 10.4 Å². The predicted octanol–water partition coefficient (Wildman–Crippen LogP) is 4.83. The molecule has 0 aliphatic carbocycles. The van der Waals surface area contributed by atoms with E-state index in [1.807, 2.05) is 11.4 Å². The Hall–Kier alpha value is -3.85. The first-order valence-electron chi connectivity index (χ1n) is 9.19. The molecule has 0 aliphatic rings. The fourth-order valence-corrected chi connectivity index (χ4v) is 4.07. The van der Waals surface area contributed by atoms with Crippen molar-refractivity contribution in [1.29, 1.82) is 0 Å². The molecule has 2 heterocycles. The number of methoxy groups -OCH3 is 3. The van der Waals surface area contributed by atoms with Gasteiger partial charge >= 0.3 is 5.97 Å². The molecule has 2 N–H and O–H groups in total. The number of nitrogens with one attached hydrogen (secondary N) is 1. The van der Waals surface area contributed by atoms with Crippen molar-refractivity contribution in [3.63, 3.8) is 0 Å². The van der Waals surface area contributed by atoms with E-state index in [1.54, 1.807) is 57.9 Å². The number of aromatic nitrogens is 2. The summed E-state index contributed by atoms with van der Waals surface area (Å²) in [6.07, 6.45) is 1.73. The Morgan fingerprint density at radius 2 is 1.81 bits per heavy atom. The second-order valence-electron chi connectivity index (χ2n) is 6.48. The molecular formula is C22H19N3O5S. The van der Waals surface area contributed by atoms with Crippen LogP contribution in [0.25, 0.3) is 21.3 Å². The molecule has 2 aromatic carbocycles. The predicted molar refractivity (Wildman–Crippen MR) is 119 cm³/mol. The number of benzene rings is 2. The minimum absolute atomic E-state index is 0.224. The number of fused-ring (bicyclic) bond motifs is 1. The molecule has 0 amide bonds. The minimum atomic E-state index is -0.972. The summed E-state index contributed by atoms with van der Waals surface area (Å²) in [5.41, 5.74) is 3.25. The third-order valence-electron chi connectivity index (χ3n) is 4.66. The maximum atomic E-state index is 11.3. The average molecular weight is 437 g/mol. The van der Waals surface area contributed by atoms with Gasteiger partial charge in [-0.3, -0.25) is 0 Å². The number of hydrogen-bond acceptors (Lipinski definition) is 8. The van der Waals surface area contributed by atoms with Crippen molar-refractivity contribution in [3.05, 3.63) is 53.5 Å². The number of carbonyl (C=O) groups is 1. The summed E-state index contributed by atoms with van der Waals surface area (Å²) in [6, 6.07) is 10.3. The highest BCUT2D eigenvalue weighted by Crippen LogP contribution is 2.40. The summed E-state index contributed by atoms with van der Waals surface area (Å²) < 4.78 is 17.0. The molecule has 0 fully saturated rings. The van der Waals surface area contributed by atoms with Crippen LogP contribution < -0.4 is 19.5 Å². The van der Waals surface area contributed by atoms with Gasteiger partial charge in [0.05, 0.1) is 43.3 Å². The van der Waals surface area contributed by atoms with E-state index in [2.05, 4.69) is 15.3 Å². The van der Waals surface area contributed by atoms with Crippen LogP contribution in [0.4, 0.5) is 11.6 Å². The van der Waals surface area contributed by atoms with Gasteiger partial charge in [0.25, 0.3) is 0 Å². The minimum Gasteiger partial charge on any atom is -0.493 e. The second kappa shape index (κ2) is 8.49. The summed E-state index contributed by atoms with van der Waals surface area (Å²) in [7, 11) is 4.64. The monoisotopic (exact) mass is 437 g/mol. The number of rotatable bonds is 7. The number of carboxylic acid groups (broad SMARTS) is 1. The van der Waals surface area contributed by atoms with Crippen LogP contribution in [0, 0.1) is 0 Å². The largest absolute Gasteiger partial charge is 0.493 e. The molecule has 0 aliphatic heterocycles. The highest BCUT2D eigenvalue weighted by molar-refractivity contribution is 7.17. The highest BCUT2D eigenvalue weighted by Gasteiger charge is 2.15. The average Bonchev–Trinajstić information content (AvgIpc) is 3.21. The van der Waals surface area contributed by atoms with Crippen molar-refractivity contribution in [1.82, 2.24) is 9.97 Å². The summed E-state index contributed by atoms with van der Waals surface area (Å²) >= 11 is 1.50. The van der Waals surface area contributed by atoms with Gasteiger partial charge < -0.3 is 24.6 Å². The second-order valence-corrected chi connectivity index (χ2v) is 7.39. The number of aromatic carboxylic acids is 1. The summed E-state index contributed by atoms with van der Waals surface area (Å²) in [4.78, 5) is 20.4. The van der Waals surface area contributed by atoms with Crippen molar-refractivity contribution in [2.24, 2.45) is 0 Å². The molecule has 2 aromatic heterocycles. The number of ether oxygens (including phenoxy) is 3. The first-order chi connectivity index (χ1) is 15.0. The molecule has 31 heavy (non-hydrogen) atoms. The van der Waals surface area contributed by atoms with Crippen molar-refractivity contribution < 1.29 is 24.1 Å². The zero-order chi connectivity index (χ0) is 22.0. The van der Waals surface area contributed by atoms with Gasteiger partial charge in [-0.15, -0.1) is 11.3 Å². The van der Waals surface area contributed by atoms with Crippen molar-refractivity contribution in [2.45, 2.75) is 0 Å². The first-order valence-corrected chi connectivity index (χ1v) is 10.1. The van der Waals surface area contributed by atoms with Gasteiger partial charge in [0.15, 0.2) is 11.5 Å². The van der Waals surface area contributed by atoms with E-state index in [1.165, 1.54) is 11.3 Å². The van der Waals surface area contributed by atoms with E-state index in [9.17, 15) is 9.90 Å². The molecule has 4 rings (SSSR count). The van der Waals surface area contributed by atoms with E-state index in [4.69, 9.17) is 14.2 Å². The van der Waals surface area contributed by atoms with Crippen LogP contribution in [0.5, 0.6) is 17.2 Å². The maximum absolute atomic E-state index is 11.3. The lowest BCUT2D eigenvalue weighted by Crippen LogP contribution is -2.00. The molecule has 0 unspecified atom stereocenters. The SMILES string of the molecule is COc1cc(Nc2ncc3scc(-c4cccc(C(=O)O)c4)c3n2)cc(OC)c1OC. The lowest BCUT2D eigenvalue weighted by molar-refractivity contribution is 0.0697. The Kier molecular flexibility index (Phi) is 5.59. The van der Waals surface area contributed by atoms with Gasteiger partial charge in [-0.25, -0.2) is 14.8 Å². The Bertz CT molecular complexity index is 1250. The van der Waals surface area contributed by atoms with Crippen LogP contribution in [0.3, 0.4) is 0 Å². The third kappa shape index (κ3) is 3.95. The third-order valence-corrected chi connectivity index (χ3v) is 5.56. The molecule has 8 nitrogen and oxygen atoms in total. The van der Waals surface area contributed by atoms with Gasteiger partial charge in [0.2, 0.25) is 11.7 Å². The Balaban J connectivity index is 1.73. The molecule has 0 bridgehead atoms. The van der Waals surface area contributed by atoms with E-state index >= 15 is 0 Å². The number of carboxylic acids is 1. The summed E-state index contributed by atoms with van der Waals surface area (Å²) in [5, 5.41) is 14.4. The van der Waals surface area contributed by atoms with E-state index in [0.717, 1.165) is 21.3 Å². The van der Waals surface area contributed by atoms with Crippen molar-refractivity contribution in [3.8, 4) is 28.4 Å².